The second-order valence-corrected chi connectivity index (χ2v) is 7.56. The molecule has 1 aliphatic carbocycles. The van der Waals surface area contributed by atoms with Crippen molar-refractivity contribution in [1.82, 2.24) is 0 Å². The second-order valence-electron chi connectivity index (χ2n) is 5.47. The van der Waals surface area contributed by atoms with Crippen molar-refractivity contribution < 1.29 is 0 Å². The highest BCUT2D eigenvalue weighted by atomic mass is 79.9. The minimum absolute atomic E-state index is 0.230. The predicted octanol–water partition coefficient (Wildman–Crippen LogP) is 5.43. The van der Waals surface area contributed by atoms with E-state index in [0.717, 1.165) is 10.2 Å². The van der Waals surface area contributed by atoms with Gasteiger partial charge < -0.3 is 5.32 Å². The van der Waals surface area contributed by atoms with Crippen LogP contribution in [0.15, 0.2) is 28.7 Å². The predicted molar refractivity (Wildman–Crippen MR) is 91.9 cm³/mol. The summed E-state index contributed by atoms with van der Waals surface area (Å²) in [5, 5.41) is 12.7. The van der Waals surface area contributed by atoms with E-state index < -0.39 is 0 Å². The smallest absolute Gasteiger partial charge is 0.101 e. The van der Waals surface area contributed by atoms with Crippen molar-refractivity contribution >= 4 is 33.0 Å². The third-order valence-corrected chi connectivity index (χ3v) is 5.83. The SMILES string of the molecule is CC(Nc1ccc(Br)cc1C#N)c1cc2c(s1)CCCC2. The molecule has 1 aromatic heterocycles. The van der Waals surface area contributed by atoms with E-state index in [1.165, 1.54) is 36.1 Å². The van der Waals surface area contributed by atoms with Gasteiger partial charge >= 0.3 is 0 Å². The summed E-state index contributed by atoms with van der Waals surface area (Å²) in [5.41, 5.74) is 3.11. The number of halogens is 1. The molecule has 3 rings (SSSR count). The van der Waals surface area contributed by atoms with E-state index in [9.17, 15) is 5.26 Å². The summed E-state index contributed by atoms with van der Waals surface area (Å²) in [6.07, 6.45) is 5.09. The summed E-state index contributed by atoms with van der Waals surface area (Å²) >= 11 is 5.33. The Bertz CT molecular complexity index is 676. The van der Waals surface area contributed by atoms with Gasteiger partial charge in [-0.1, -0.05) is 15.9 Å². The standard InChI is InChI=1S/C17H17BrN2S/c1-11(17-9-12-4-2-3-5-16(12)21-17)20-15-7-6-14(18)8-13(15)10-19/h6-9,11,20H,2-5H2,1H3. The molecule has 0 fully saturated rings. The second kappa shape index (κ2) is 6.21. The molecule has 108 valence electrons. The highest BCUT2D eigenvalue weighted by Gasteiger charge is 2.17. The lowest BCUT2D eigenvalue weighted by Gasteiger charge is -2.15. The summed E-state index contributed by atoms with van der Waals surface area (Å²) in [6.45, 7) is 2.17. The van der Waals surface area contributed by atoms with Crippen LogP contribution in [0.3, 0.4) is 0 Å². The van der Waals surface area contributed by atoms with Crippen LogP contribution >= 0.6 is 27.3 Å². The average Bonchev–Trinajstić information content (AvgIpc) is 2.93. The number of nitrogens with zero attached hydrogens (tertiary/aromatic N) is 1. The first-order valence-corrected chi connectivity index (χ1v) is 8.86. The van der Waals surface area contributed by atoms with Gasteiger partial charge in [0.1, 0.15) is 6.07 Å². The van der Waals surface area contributed by atoms with Gasteiger partial charge in [0.25, 0.3) is 0 Å². The van der Waals surface area contributed by atoms with E-state index in [4.69, 9.17) is 0 Å². The first kappa shape index (κ1) is 14.6. The minimum Gasteiger partial charge on any atom is -0.377 e. The fraction of sp³-hybridized carbons (Fsp3) is 0.353. The van der Waals surface area contributed by atoms with Gasteiger partial charge in [-0.2, -0.15) is 5.26 Å². The molecule has 4 heteroatoms. The van der Waals surface area contributed by atoms with Crippen LogP contribution in [-0.2, 0) is 12.8 Å². The molecule has 0 bridgehead atoms. The lowest BCUT2D eigenvalue weighted by molar-refractivity contribution is 0.696. The summed E-state index contributed by atoms with van der Waals surface area (Å²) in [6, 6.07) is 10.6. The number of benzene rings is 1. The van der Waals surface area contributed by atoms with Crippen LogP contribution in [0.4, 0.5) is 5.69 Å². The van der Waals surface area contributed by atoms with Crippen LogP contribution in [0, 0.1) is 11.3 Å². The van der Waals surface area contributed by atoms with Gasteiger partial charge in [0, 0.05) is 14.2 Å². The first-order chi connectivity index (χ1) is 10.2. The van der Waals surface area contributed by atoms with Crippen molar-refractivity contribution in [1.29, 1.82) is 5.26 Å². The largest absolute Gasteiger partial charge is 0.377 e. The van der Waals surface area contributed by atoms with Gasteiger partial charge in [-0.25, -0.2) is 0 Å². The van der Waals surface area contributed by atoms with E-state index in [0.29, 0.717) is 5.56 Å². The third-order valence-electron chi connectivity index (χ3n) is 3.92. The number of nitriles is 1. The Morgan fingerprint density at radius 3 is 2.86 bits per heavy atom. The summed E-state index contributed by atoms with van der Waals surface area (Å²) in [5.74, 6) is 0. The molecule has 1 unspecified atom stereocenters. The van der Waals surface area contributed by atoms with Crippen LogP contribution in [0.25, 0.3) is 0 Å². The number of thiophene rings is 1. The number of nitrogens with one attached hydrogen (secondary N) is 1. The maximum atomic E-state index is 9.25. The lowest BCUT2D eigenvalue weighted by atomic mass is 9.99. The zero-order valence-corrected chi connectivity index (χ0v) is 14.4. The number of anilines is 1. The van der Waals surface area contributed by atoms with Crippen molar-refractivity contribution in [2.24, 2.45) is 0 Å². The molecular weight excluding hydrogens is 344 g/mol. The van der Waals surface area contributed by atoms with Gasteiger partial charge in [-0.3, -0.25) is 0 Å². The molecule has 1 atom stereocenters. The maximum Gasteiger partial charge on any atom is 0.101 e. The van der Waals surface area contributed by atoms with Crippen LogP contribution in [0.1, 0.15) is 46.7 Å². The molecule has 21 heavy (non-hydrogen) atoms. The van der Waals surface area contributed by atoms with Crippen LogP contribution in [-0.4, -0.2) is 0 Å². The van der Waals surface area contributed by atoms with Crippen molar-refractivity contribution in [2.75, 3.05) is 5.32 Å². The van der Waals surface area contributed by atoms with Crippen molar-refractivity contribution in [3.63, 3.8) is 0 Å². The zero-order valence-electron chi connectivity index (χ0n) is 11.9. The third kappa shape index (κ3) is 3.14. The minimum atomic E-state index is 0.230. The zero-order chi connectivity index (χ0) is 14.8. The van der Waals surface area contributed by atoms with Gasteiger partial charge in [0.15, 0.2) is 0 Å². The van der Waals surface area contributed by atoms with E-state index >= 15 is 0 Å². The number of hydrogen-bond donors (Lipinski definition) is 1. The van der Waals surface area contributed by atoms with E-state index in [1.807, 2.05) is 29.5 Å². The molecule has 0 saturated heterocycles. The highest BCUT2D eigenvalue weighted by Crippen LogP contribution is 2.34. The summed E-state index contributed by atoms with van der Waals surface area (Å²) < 4.78 is 0.934. The Morgan fingerprint density at radius 2 is 2.10 bits per heavy atom. The van der Waals surface area contributed by atoms with E-state index in [-0.39, 0.29) is 6.04 Å². The molecule has 0 radical (unpaired) electrons. The van der Waals surface area contributed by atoms with Gasteiger partial charge in [-0.15, -0.1) is 11.3 Å². The monoisotopic (exact) mass is 360 g/mol. The van der Waals surface area contributed by atoms with Gasteiger partial charge in [-0.05, 0) is 62.4 Å². The number of hydrogen-bond acceptors (Lipinski definition) is 3. The van der Waals surface area contributed by atoms with E-state index in [1.54, 1.807) is 4.88 Å². The Labute approximate surface area is 137 Å². The molecule has 0 spiro atoms. The van der Waals surface area contributed by atoms with Gasteiger partial charge in [0.2, 0.25) is 0 Å². The Kier molecular flexibility index (Phi) is 4.32. The number of fused-ring (bicyclic) bond motifs is 1. The normalized spacial score (nSPS) is 15.1. The Balaban J connectivity index is 1.82. The molecule has 0 saturated carbocycles. The first-order valence-electron chi connectivity index (χ1n) is 7.25. The molecule has 0 aliphatic heterocycles. The fourth-order valence-electron chi connectivity index (χ4n) is 2.77. The van der Waals surface area contributed by atoms with Crippen LogP contribution in [0.2, 0.25) is 0 Å². The highest BCUT2D eigenvalue weighted by molar-refractivity contribution is 9.10. The summed E-state index contributed by atoms with van der Waals surface area (Å²) in [4.78, 5) is 2.93. The van der Waals surface area contributed by atoms with Gasteiger partial charge in [0.05, 0.1) is 17.3 Å². The molecule has 1 aromatic carbocycles. The molecule has 1 aliphatic rings. The average molecular weight is 361 g/mol. The lowest BCUT2D eigenvalue weighted by Crippen LogP contribution is -2.06. The number of rotatable bonds is 3. The Morgan fingerprint density at radius 1 is 1.29 bits per heavy atom. The topological polar surface area (TPSA) is 35.8 Å². The van der Waals surface area contributed by atoms with Crippen molar-refractivity contribution in [2.45, 2.75) is 38.6 Å². The Hall–Kier alpha value is -1.31. The number of aryl methyl sites for hydroxylation is 2. The molecule has 1 N–H and O–H groups in total. The quantitative estimate of drug-likeness (QED) is 0.791. The van der Waals surface area contributed by atoms with E-state index in [2.05, 4.69) is 40.3 Å². The van der Waals surface area contributed by atoms with Crippen LogP contribution in [0.5, 0.6) is 0 Å². The summed E-state index contributed by atoms with van der Waals surface area (Å²) in [7, 11) is 0. The molecule has 1 heterocycles. The van der Waals surface area contributed by atoms with Crippen molar-refractivity contribution in [3.8, 4) is 6.07 Å². The molecular formula is C17H17BrN2S. The molecule has 2 aromatic rings. The maximum absolute atomic E-state index is 9.25. The molecule has 2 nitrogen and oxygen atoms in total. The fourth-order valence-corrected chi connectivity index (χ4v) is 4.39. The van der Waals surface area contributed by atoms with Crippen LogP contribution < -0.4 is 5.32 Å². The molecule has 0 amide bonds. The van der Waals surface area contributed by atoms with Crippen molar-refractivity contribution in [3.05, 3.63) is 49.6 Å².